The second-order valence-electron chi connectivity index (χ2n) is 6.20. The van der Waals surface area contributed by atoms with E-state index in [1.54, 1.807) is 6.07 Å². The first-order chi connectivity index (χ1) is 13.9. The summed E-state index contributed by atoms with van der Waals surface area (Å²) in [6.07, 6.45) is 0. The zero-order valence-corrected chi connectivity index (χ0v) is 18.2. The van der Waals surface area contributed by atoms with Crippen LogP contribution < -0.4 is 15.4 Å². The maximum absolute atomic E-state index is 12.9. The van der Waals surface area contributed by atoms with Gasteiger partial charge in [-0.3, -0.25) is 0 Å². The van der Waals surface area contributed by atoms with E-state index in [2.05, 4.69) is 10.6 Å². The Bertz CT molecular complexity index is 962. The molecule has 1 saturated heterocycles. The number of rotatable bonds is 6. The molecule has 1 heterocycles. The van der Waals surface area contributed by atoms with Gasteiger partial charge in [0.2, 0.25) is 10.0 Å². The third-order valence-electron chi connectivity index (χ3n) is 4.20. The standard InChI is InChI=1S/C19H22ClN3O4S2/c1-2-27-16-6-3-14(4-7-16)21-19(28)22-15-5-8-17(20)18(13-15)29(24,25)23-9-11-26-12-10-23/h3-8,13H,2,9-12H2,1H3,(H2,21,22,28). The predicted octanol–water partition coefficient (Wildman–Crippen LogP) is 3.57. The first-order valence-corrected chi connectivity index (χ1v) is 11.3. The smallest absolute Gasteiger partial charge is 0.244 e. The van der Waals surface area contributed by atoms with Gasteiger partial charge in [-0.1, -0.05) is 11.6 Å². The number of anilines is 2. The molecule has 0 unspecified atom stereocenters. The number of sulfonamides is 1. The molecule has 10 heteroatoms. The highest BCUT2D eigenvalue weighted by Crippen LogP contribution is 2.28. The Morgan fingerprint density at radius 2 is 1.76 bits per heavy atom. The van der Waals surface area contributed by atoms with Crippen molar-refractivity contribution >= 4 is 50.3 Å². The Balaban J connectivity index is 1.71. The Hall–Kier alpha value is -1.91. The van der Waals surface area contributed by atoms with Crippen molar-refractivity contribution < 1.29 is 17.9 Å². The average Bonchev–Trinajstić information content (AvgIpc) is 2.71. The van der Waals surface area contributed by atoms with Crippen molar-refractivity contribution in [3.8, 4) is 5.75 Å². The van der Waals surface area contributed by atoms with Crippen LogP contribution in [0, 0.1) is 0 Å². The fourth-order valence-corrected chi connectivity index (χ4v) is 4.94. The molecule has 0 saturated carbocycles. The number of ether oxygens (including phenoxy) is 2. The lowest BCUT2D eigenvalue weighted by Gasteiger charge is -2.26. The van der Waals surface area contributed by atoms with Gasteiger partial charge in [-0.15, -0.1) is 0 Å². The van der Waals surface area contributed by atoms with Crippen LogP contribution >= 0.6 is 23.8 Å². The van der Waals surface area contributed by atoms with Gasteiger partial charge in [0, 0.05) is 24.5 Å². The molecule has 2 aromatic rings. The van der Waals surface area contributed by atoms with Crippen LogP contribution in [0.25, 0.3) is 0 Å². The maximum Gasteiger partial charge on any atom is 0.244 e. The van der Waals surface area contributed by atoms with Crippen LogP contribution in [0.15, 0.2) is 47.4 Å². The van der Waals surface area contributed by atoms with Gasteiger partial charge in [0.25, 0.3) is 0 Å². The lowest BCUT2D eigenvalue weighted by Crippen LogP contribution is -2.40. The van der Waals surface area contributed by atoms with Crippen LogP contribution in [0.1, 0.15) is 6.92 Å². The highest BCUT2D eigenvalue weighted by Gasteiger charge is 2.28. The molecular weight excluding hydrogens is 434 g/mol. The molecule has 7 nitrogen and oxygen atoms in total. The average molecular weight is 456 g/mol. The first-order valence-electron chi connectivity index (χ1n) is 9.08. The molecule has 0 spiro atoms. The van der Waals surface area contributed by atoms with Crippen molar-refractivity contribution in [1.82, 2.24) is 4.31 Å². The number of halogens is 1. The topological polar surface area (TPSA) is 79.9 Å². The van der Waals surface area contributed by atoms with E-state index in [1.165, 1.54) is 16.4 Å². The molecule has 1 aliphatic rings. The Kier molecular flexibility index (Phi) is 7.31. The number of hydrogen-bond donors (Lipinski definition) is 2. The van der Waals surface area contributed by atoms with Crippen LogP contribution in [0.5, 0.6) is 5.75 Å². The zero-order valence-electron chi connectivity index (χ0n) is 15.9. The summed E-state index contributed by atoms with van der Waals surface area (Å²) < 4.78 is 37.9. The van der Waals surface area contributed by atoms with Crippen molar-refractivity contribution in [1.29, 1.82) is 0 Å². The van der Waals surface area contributed by atoms with E-state index in [4.69, 9.17) is 33.3 Å². The van der Waals surface area contributed by atoms with Crippen molar-refractivity contribution in [3.05, 3.63) is 47.5 Å². The SMILES string of the molecule is CCOc1ccc(NC(=S)Nc2ccc(Cl)c(S(=O)(=O)N3CCOCC3)c2)cc1. The van der Waals surface area contributed by atoms with E-state index in [0.717, 1.165) is 11.4 Å². The minimum absolute atomic E-state index is 0.0370. The van der Waals surface area contributed by atoms with E-state index < -0.39 is 10.0 Å². The molecule has 0 aromatic heterocycles. The molecule has 2 aromatic carbocycles. The second kappa shape index (κ2) is 9.73. The number of hydrogen-bond acceptors (Lipinski definition) is 5. The highest BCUT2D eigenvalue weighted by atomic mass is 35.5. The summed E-state index contributed by atoms with van der Waals surface area (Å²) in [5.41, 5.74) is 1.30. The van der Waals surface area contributed by atoms with Gasteiger partial charge in [-0.05, 0) is 61.6 Å². The molecule has 0 aliphatic carbocycles. The summed E-state index contributed by atoms with van der Waals surface area (Å²) in [6, 6.07) is 12.1. The molecule has 3 rings (SSSR count). The van der Waals surface area contributed by atoms with Crippen LogP contribution in [-0.2, 0) is 14.8 Å². The van der Waals surface area contributed by atoms with Gasteiger partial charge >= 0.3 is 0 Å². The molecule has 29 heavy (non-hydrogen) atoms. The monoisotopic (exact) mass is 455 g/mol. The fourth-order valence-electron chi connectivity index (χ4n) is 2.80. The van der Waals surface area contributed by atoms with Crippen molar-refractivity contribution in [2.24, 2.45) is 0 Å². The Morgan fingerprint density at radius 1 is 1.14 bits per heavy atom. The molecule has 156 valence electrons. The number of nitrogens with one attached hydrogen (secondary N) is 2. The summed E-state index contributed by atoms with van der Waals surface area (Å²) in [4.78, 5) is 0.0370. The molecule has 0 atom stereocenters. The minimum atomic E-state index is -3.72. The molecule has 0 bridgehead atoms. The van der Waals surface area contributed by atoms with E-state index in [0.29, 0.717) is 43.7 Å². The van der Waals surface area contributed by atoms with E-state index in [9.17, 15) is 8.42 Å². The van der Waals surface area contributed by atoms with Gasteiger partial charge < -0.3 is 20.1 Å². The lowest BCUT2D eigenvalue weighted by atomic mass is 10.3. The van der Waals surface area contributed by atoms with Gasteiger partial charge in [0.1, 0.15) is 10.6 Å². The zero-order chi connectivity index (χ0) is 20.9. The van der Waals surface area contributed by atoms with Crippen LogP contribution in [0.4, 0.5) is 11.4 Å². The van der Waals surface area contributed by atoms with Crippen molar-refractivity contribution in [2.45, 2.75) is 11.8 Å². The van der Waals surface area contributed by atoms with Crippen molar-refractivity contribution in [3.63, 3.8) is 0 Å². The molecule has 1 aliphatic heterocycles. The lowest BCUT2D eigenvalue weighted by molar-refractivity contribution is 0.0730. The van der Waals surface area contributed by atoms with Gasteiger partial charge in [-0.2, -0.15) is 4.31 Å². The summed E-state index contributed by atoms with van der Waals surface area (Å²) in [7, 11) is -3.72. The number of thiocarbonyl (C=S) groups is 1. The third-order valence-corrected chi connectivity index (χ3v) is 6.78. The maximum atomic E-state index is 12.9. The molecule has 1 fully saturated rings. The third kappa shape index (κ3) is 5.58. The fraction of sp³-hybridized carbons (Fsp3) is 0.316. The van der Waals surface area contributed by atoms with Crippen LogP contribution in [-0.4, -0.2) is 50.7 Å². The predicted molar refractivity (Wildman–Crippen MR) is 118 cm³/mol. The molecule has 2 N–H and O–H groups in total. The molecular formula is C19H22ClN3O4S2. The van der Waals surface area contributed by atoms with E-state index >= 15 is 0 Å². The minimum Gasteiger partial charge on any atom is -0.494 e. The van der Waals surface area contributed by atoms with Gasteiger partial charge in [-0.25, -0.2) is 8.42 Å². The Labute approximate surface area is 181 Å². The summed E-state index contributed by atoms with van der Waals surface area (Å²) in [6.45, 7) is 3.85. The summed E-state index contributed by atoms with van der Waals surface area (Å²) in [5, 5.41) is 6.53. The van der Waals surface area contributed by atoms with Crippen molar-refractivity contribution in [2.75, 3.05) is 43.5 Å². The summed E-state index contributed by atoms with van der Waals surface area (Å²) in [5.74, 6) is 0.771. The van der Waals surface area contributed by atoms with Gasteiger partial charge in [0.05, 0.1) is 24.8 Å². The van der Waals surface area contributed by atoms with Crippen LogP contribution in [0.3, 0.4) is 0 Å². The van der Waals surface area contributed by atoms with Gasteiger partial charge in [0.15, 0.2) is 5.11 Å². The molecule has 0 radical (unpaired) electrons. The first kappa shape index (κ1) is 21.8. The second-order valence-corrected chi connectivity index (χ2v) is 8.92. The number of benzene rings is 2. The van der Waals surface area contributed by atoms with Crippen LogP contribution in [0.2, 0.25) is 5.02 Å². The highest BCUT2D eigenvalue weighted by molar-refractivity contribution is 7.89. The largest absolute Gasteiger partial charge is 0.494 e. The number of morpholine rings is 1. The molecule has 0 amide bonds. The van der Waals surface area contributed by atoms with E-state index in [1.807, 2.05) is 31.2 Å². The quantitative estimate of drug-likeness (QED) is 0.644. The van der Waals surface area contributed by atoms with E-state index in [-0.39, 0.29) is 9.92 Å². The Morgan fingerprint density at radius 3 is 2.41 bits per heavy atom. The normalized spacial score (nSPS) is 15.0. The summed E-state index contributed by atoms with van der Waals surface area (Å²) >= 11 is 11.5. The number of nitrogens with zero attached hydrogens (tertiary/aromatic N) is 1.